The number of hydrogen-bond donors (Lipinski definition) is 0. The van der Waals surface area contributed by atoms with Gasteiger partial charge in [0.25, 0.3) is 0 Å². The first-order chi connectivity index (χ1) is 11.9. The second-order valence-corrected chi connectivity index (χ2v) is 7.12. The highest BCUT2D eigenvalue weighted by Crippen LogP contribution is 2.28. The van der Waals surface area contributed by atoms with Gasteiger partial charge in [0.1, 0.15) is 0 Å². The number of likely N-dealkylation sites (tertiary alicyclic amines) is 1. The molecular formula is C23H31N. The number of hydrogen-bond acceptors (Lipinski definition) is 1. The summed E-state index contributed by atoms with van der Waals surface area (Å²) in [5, 5.41) is 0. The molecule has 1 saturated heterocycles. The van der Waals surface area contributed by atoms with Crippen molar-refractivity contribution < 1.29 is 0 Å². The summed E-state index contributed by atoms with van der Waals surface area (Å²) < 4.78 is 0. The highest BCUT2D eigenvalue weighted by atomic mass is 15.2. The lowest BCUT2D eigenvalue weighted by Gasteiger charge is -2.42. The van der Waals surface area contributed by atoms with E-state index in [2.05, 4.69) is 72.5 Å². The Morgan fingerprint density at radius 3 is 1.62 bits per heavy atom. The molecule has 3 rings (SSSR count). The Morgan fingerprint density at radius 2 is 1.21 bits per heavy atom. The number of rotatable bonds is 7. The fourth-order valence-electron chi connectivity index (χ4n) is 4.31. The minimum atomic E-state index is 0.768. The van der Waals surface area contributed by atoms with E-state index in [9.17, 15) is 0 Å². The zero-order valence-corrected chi connectivity index (χ0v) is 15.0. The van der Waals surface area contributed by atoms with E-state index in [0.29, 0.717) is 0 Å². The van der Waals surface area contributed by atoms with E-state index in [1.54, 1.807) is 0 Å². The predicted octanol–water partition coefficient (Wildman–Crippen LogP) is 5.50. The molecule has 0 N–H and O–H groups in total. The van der Waals surface area contributed by atoms with Crippen molar-refractivity contribution in [1.29, 1.82) is 0 Å². The minimum absolute atomic E-state index is 0.768. The zero-order valence-electron chi connectivity index (χ0n) is 15.0. The normalized spacial score (nSPS) is 21.7. The molecule has 2 atom stereocenters. The van der Waals surface area contributed by atoms with Crippen molar-refractivity contribution in [2.24, 2.45) is 0 Å². The van der Waals surface area contributed by atoms with Crippen LogP contribution in [0.4, 0.5) is 0 Å². The predicted molar refractivity (Wildman–Crippen MR) is 103 cm³/mol. The fraction of sp³-hybridized carbons (Fsp3) is 0.478. The van der Waals surface area contributed by atoms with Crippen LogP contribution in [0.5, 0.6) is 0 Å². The van der Waals surface area contributed by atoms with E-state index in [0.717, 1.165) is 12.1 Å². The molecule has 1 heterocycles. The number of aryl methyl sites for hydroxylation is 2. The molecule has 2 aromatic carbocycles. The van der Waals surface area contributed by atoms with Gasteiger partial charge in [-0.3, -0.25) is 4.90 Å². The lowest BCUT2D eigenvalue weighted by Crippen LogP contribution is -2.46. The van der Waals surface area contributed by atoms with Gasteiger partial charge in [-0.2, -0.15) is 0 Å². The summed E-state index contributed by atoms with van der Waals surface area (Å²) >= 11 is 0. The molecule has 1 nitrogen and oxygen atoms in total. The maximum atomic E-state index is 2.80. The van der Waals surface area contributed by atoms with Crippen molar-refractivity contribution in [2.45, 2.75) is 64.0 Å². The van der Waals surface area contributed by atoms with Crippen molar-refractivity contribution in [3.63, 3.8) is 0 Å². The van der Waals surface area contributed by atoms with E-state index < -0.39 is 0 Å². The van der Waals surface area contributed by atoms with E-state index in [1.807, 2.05) is 0 Å². The Labute approximate surface area is 147 Å². The molecule has 0 saturated carbocycles. The van der Waals surface area contributed by atoms with Gasteiger partial charge in [-0.05, 0) is 56.2 Å². The van der Waals surface area contributed by atoms with Gasteiger partial charge in [0.05, 0.1) is 0 Å². The quantitative estimate of drug-likeness (QED) is 0.651. The molecule has 1 heteroatoms. The van der Waals surface area contributed by atoms with Crippen LogP contribution in [0.1, 0.15) is 50.2 Å². The van der Waals surface area contributed by atoms with E-state index >= 15 is 0 Å². The summed E-state index contributed by atoms with van der Waals surface area (Å²) in [6.07, 6.45) is 9.20. The summed E-state index contributed by atoms with van der Waals surface area (Å²) in [5.41, 5.74) is 2.97. The number of piperidine rings is 1. The monoisotopic (exact) mass is 321 g/mol. The molecular weight excluding hydrogens is 290 g/mol. The largest absolute Gasteiger partial charge is 0.298 e. The molecule has 1 fully saturated rings. The van der Waals surface area contributed by atoms with Gasteiger partial charge in [0.15, 0.2) is 0 Å². The lowest BCUT2D eigenvalue weighted by atomic mass is 9.89. The molecule has 0 bridgehead atoms. The number of nitrogens with zero attached hydrogens (tertiary/aromatic N) is 1. The maximum absolute atomic E-state index is 2.80. The topological polar surface area (TPSA) is 3.24 Å². The average molecular weight is 322 g/mol. The summed E-state index contributed by atoms with van der Waals surface area (Å²) in [6, 6.07) is 23.5. The smallest absolute Gasteiger partial charge is 0.0101 e. The summed E-state index contributed by atoms with van der Waals surface area (Å²) in [5.74, 6) is 0. The molecule has 24 heavy (non-hydrogen) atoms. The van der Waals surface area contributed by atoms with Crippen LogP contribution < -0.4 is 0 Å². The Bertz CT molecular complexity index is 526. The first-order valence-electron chi connectivity index (χ1n) is 9.70. The summed E-state index contributed by atoms with van der Waals surface area (Å²) in [7, 11) is 0. The average Bonchev–Trinajstić information content (AvgIpc) is 2.66. The van der Waals surface area contributed by atoms with Crippen molar-refractivity contribution in [3.8, 4) is 0 Å². The van der Waals surface area contributed by atoms with Crippen molar-refractivity contribution >= 4 is 0 Å². The van der Waals surface area contributed by atoms with Crippen LogP contribution in [-0.2, 0) is 12.8 Å². The van der Waals surface area contributed by atoms with Gasteiger partial charge in [0, 0.05) is 12.1 Å². The Kier molecular flexibility index (Phi) is 6.48. The fourth-order valence-corrected chi connectivity index (χ4v) is 4.31. The SMILES string of the molecule is CCN1[C@@H](CCc2ccccc2)CCC[C@H]1CCc1ccccc1. The molecule has 2 aromatic rings. The third-order valence-electron chi connectivity index (χ3n) is 5.60. The first-order valence-corrected chi connectivity index (χ1v) is 9.70. The van der Waals surface area contributed by atoms with Gasteiger partial charge >= 0.3 is 0 Å². The van der Waals surface area contributed by atoms with Crippen molar-refractivity contribution in [2.75, 3.05) is 6.54 Å². The van der Waals surface area contributed by atoms with Gasteiger partial charge in [-0.1, -0.05) is 74.0 Å². The summed E-state index contributed by atoms with van der Waals surface area (Å²) in [6.45, 7) is 3.54. The number of benzene rings is 2. The standard InChI is InChI=1S/C23H31N/c1-2-24-22(18-16-20-10-5-3-6-11-20)14-9-15-23(24)19-17-21-12-7-4-8-13-21/h3-8,10-13,22-23H,2,9,14-19H2,1H3/t22-,23+. The second kappa shape index (κ2) is 9.03. The van der Waals surface area contributed by atoms with Crippen LogP contribution in [0, 0.1) is 0 Å². The van der Waals surface area contributed by atoms with Gasteiger partial charge in [-0.25, -0.2) is 0 Å². The van der Waals surface area contributed by atoms with Gasteiger partial charge in [-0.15, -0.1) is 0 Å². The zero-order chi connectivity index (χ0) is 16.6. The van der Waals surface area contributed by atoms with Crippen molar-refractivity contribution in [1.82, 2.24) is 4.90 Å². The van der Waals surface area contributed by atoms with Crippen LogP contribution in [0.2, 0.25) is 0 Å². The molecule has 1 aliphatic rings. The highest BCUT2D eigenvalue weighted by molar-refractivity contribution is 5.16. The minimum Gasteiger partial charge on any atom is -0.298 e. The summed E-state index contributed by atoms with van der Waals surface area (Å²) in [4.78, 5) is 2.80. The lowest BCUT2D eigenvalue weighted by molar-refractivity contribution is 0.0785. The second-order valence-electron chi connectivity index (χ2n) is 7.12. The molecule has 1 aliphatic heterocycles. The van der Waals surface area contributed by atoms with Gasteiger partial charge < -0.3 is 0 Å². The van der Waals surface area contributed by atoms with Crippen LogP contribution in [-0.4, -0.2) is 23.5 Å². The molecule has 0 unspecified atom stereocenters. The molecule has 0 aliphatic carbocycles. The molecule has 0 amide bonds. The van der Waals surface area contributed by atoms with E-state index in [1.165, 1.54) is 62.6 Å². The maximum Gasteiger partial charge on any atom is 0.0101 e. The van der Waals surface area contributed by atoms with Crippen LogP contribution >= 0.6 is 0 Å². The highest BCUT2D eigenvalue weighted by Gasteiger charge is 2.28. The molecule has 0 radical (unpaired) electrons. The van der Waals surface area contributed by atoms with E-state index in [4.69, 9.17) is 0 Å². The van der Waals surface area contributed by atoms with E-state index in [-0.39, 0.29) is 0 Å². The van der Waals surface area contributed by atoms with Crippen LogP contribution in [0.3, 0.4) is 0 Å². The molecule has 0 aromatic heterocycles. The molecule has 128 valence electrons. The third-order valence-corrected chi connectivity index (χ3v) is 5.60. The Balaban J connectivity index is 1.55. The Morgan fingerprint density at radius 1 is 0.750 bits per heavy atom. The third kappa shape index (κ3) is 4.70. The van der Waals surface area contributed by atoms with Crippen LogP contribution in [0.15, 0.2) is 60.7 Å². The van der Waals surface area contributed by atoms with Gasteiger partial charge in [0.2, 0.25) is 0 Å². The van der Waals surface area contributed by atoms with Crippen molar-refractivity contribution in [3.05, 3.63) is 71.8 Å². The Hall–Kier alpha value is -1.60. The first kappa shape index (κ1) is 17.2. The molecule has 0 spiro atoms. The van der Waals surface area contributed by atoms with Crippen LogP contribution in [0.25, 0.3) is 0 Å².